The maximum atomic E-state index is 11.5. The van der Waals surface area contributed by atoms with Crippen molar-refractivity contribution in [3.8, 4) is 0 Å². The molecule has 0 aliphatic carbocycles. The number of hydrogen-bond acceptors (Lipinski definition) is 4. The minimum atomic E-state index is -0.557. The van der Waals surface area contributed by atoms with Gasteiger partial charge in [0.2, 0.25) is 5.91 Å². The van der Waals surface area contributed by atoms with Gasteiger partial charge in [-0.2, -0.15) is 0 Å². The fourth-order valence-corrected chi connectivity index (χ4v) is 1.50. The summed E-state index contributed by atoms with van der Waals surface area (Å²) < 4.78 is 10.9. The van der Waals surface area contributed by atoms with Crippen molar-refractivity contribution in [3.63, 3.8) is 0 Å². The van der Waals surface area contributed by atoms with Crippen molar-refractivity contribution in [3.05, 3.63) is 12.7 Å². The Morgan fingerprint density at radius 3 is 2.94 bits per heavy atom. The van der Waals surface area contributed by atoms with E-state index >= 15 is 0 Å². The molecule has 0 radical (unpaired) electrons. The molecule has 0 aromatic carbocycles. The van der Waals surface area contributed by atoms with Crippen LogP contribution in [0.15, 0.2) is 12.7 Å². The van der Waals surface area contributed by atoms with Crippen LogP contribution in [0.5, 0.6) is 0 Å². The highest BCUT2D eigenvalue weighted by Gasteiger charge is 2.32. The zero-order chi connectivity index (χ0) is 12.2. The number of nitrogens with two attached hydrogens (primary N) is 1. The highest BCUT2D eigenvalue weighted by atomic mass is 16.7. The molecule has 0 bridgehead atoms. The lowest BCUT2D eigenvalue weighted by atomic mass is 10.2. The molecule has 0 saturated carbocycles. The zero-order valence-corrected chi connectivity index (χ0v) is 9.86. The molecule has 0 spiro atoms. The van der Waals surface area contributed by atoms with Crippen molar-refractivity contribution in [1.29, 1.82) is 0 Å². The molecule has 1 rings (SSSR count). The van der Waals surface area contributed by atoms with E-state index in [0.29, 0.717) is 19.6 Å². The number of ether oxygens (including phenoxy) is 2. The van der Waals surface area contributed by atoms with Gasteiger partial charge in [0.05, 0.1) is 12.6 Å². The van der Waals surface area contributed by atoms with Gasteiger partial charge < -0.3 is 20.5 Å². The number of hydrogen-bond donors (Lipinski definition) is 2. The summed E-state index contributed by atoms with van der Waals surface area (Å²) in [4.78, 5) is 11.5. The van der Waals surface area contributed by atoms with Crippen LogP contribution in [-0.2, 0) is 14.3 Å². The lowest BCUT2D eigenvalue weighted by Gasteiger charge is -2.17. The molecule has 5 heteroatoms. The quantitative estimate of drug-likeness (QED) is 0.657. The molecule has 1 heterocycles. The van der Waals surface area contributed by atoms with Crippen molar-refractivity contribution in [2.24, 2.45) is 5.73 Å². The van der Waals surface area contributed by atoms with Gasteiger partial charge in [-0.05, 0) is 20.3 Å². The second kappa shape index (κ2) is 5.43. The highest BCUT2D eigenvalue weighted by molar-refractivity contribution is 5.81. The van der Waals surface area contributed by atoms with E-state index in [-0.39, 0.29) is 12.0 Å². The van der Waals surface area contributed by atoms with Crippen molar-refractivity contribution in [2.45, 2.75) is 38.2 Å². The molecule has 0 aromatic heterocycles. The zero-order valence-electron chi connectivity index (χ0n) is 9.86. The predicted molar refractivity (Wildman–Crippen MR) is 60.7 cm³/mol. The number of nitrogens with one attached hydrogen (secondary N) is 1. The predicted octanol–water partition coefficient (Wildman–Crippen LogP) is 0.158. The van der Waals surface area contributed by atoms with E-state index in [0.717, 1.165) is 0 Å². The van der Waals surface area contributed by atoms with E-state index in [1.165, 1.54) is 0 Å². The van der Waals surface area contributed by atoms with Gasteiger partial charge in [0.1, 0.15) is 6.10 Å². The fraction of sp³-hybridized carbons (Fsp3) is 0.727. The van der Waals surface area contributed by atoms with E-state index in [4.69, 9.17) is 15.2 Å². The first-order valence-corrected chi connectivity index (χ1v) is 5.40. The van der Waals surface area contributed by atoms with Crippen LogP contribution < -0.4 is 11.1 Å². The average molecular weight is 228 g/mol. The molecule has 92 valence electrons. The van der Waals surface area contributed by atoms with E-state index in [1.807, 2.05) is 13.8 Å². The molecular formula is C11H20N2O3. The molecule has 1 aliphatic heterocycles. The standard InChI is InChI=1S/C11H20N2O3/c1-4-5-9(12)10(14)13-6-8-7-15-11(2,3)16-8/h4,8-9H,1,5-7,12H2,2-3H3,(H,13,14). The Bertz CT molecular complexity index is 266. The van der Waals surface area contributed by atoms with Crippen LogP contribution in [0.2, 0.25) is 0 Å². The number of carbonyl (C=O) groups is 1. The molecular weight excluding hydrogens is 208 g/mol. The Balaban J connectivity index is 2.25. The molecule has 2 unspecified atom stereocenters. The first kappa shape index (κ1) is 13.2. The lowest BCUT2D eigenvalue weighted by Crippen LogP contribution is -2.43. The third-order valence-electron chi connectivity index (χ3n) is 2.33. The molecule has 2 atom stereocenters. The summed E-state index contributed by atoms with van der Waals surface area (Å²) in [5.74, 6) is -0.744. The molecule has 3 N–H and O–H groups in total. The monoisotopic (exact) mass is 228 g/mol. The molecule has 16 heavy (non-hydrogen) atoms. The van der Waals surface area contributed by atoms with Crippen molar-refractivity contribution in [2.75, 3.05) is 13.2 Å². The van der Waals surface area contributed by atoms with Gasteiger partial charge >= 0.3 is 0 Å². The first-order valence-electron chi connectivity index (χ1n) is 5.40. The lowest BCUT2D eigenvalue weighted by molar-refractivity contribution is -0.139. The van der Waals surface area contributed by atoms with E-state index in [1.54, 1.807) is 6.08 Å². The van der Waals surface area contributed by atoms with Crippen LogP contribution in [0.3, 0.4) is 0 Å². The van der Waals surface area contributed by atoms with Crippen LogP contribution in [0, 0.1) is 0 Å². The fourth-order valence-electron chi connectivity index (χ4n) is 1.50. The summed E-state index contributed by atoms with van der Waals surface area (Å²) in [5.41, 5.74) is 5.61. The summed E-state index contributed by atoms with van der Waals surface area (Å²) in [5, 5.41) is 2.73. The summed E-state index contributed by atoms with van der Waals surface area (Å²) in [7, 11) is 0. The third kappa shape index (κ3) is 3.92. The second-order valence-electron chi connectivity index (χ2n) is 4.33. The maximum absolute atomic E-state index is 11.5. The van der Waals surface area contributed by atoms with Gasteiger partial charge in [-0.1, -0.05) is 6.08 Å². The minimum absolute atomic E-state index is 0.102. The SMILES string of the molecule is C=CCC(N)C(=O)NCC1COC(C)(C)O1. The first-order chi connectivity index (χ1) is 7.44. The highest BCUT2D eigenvalue weighted by Crippen LogP contribution is 2.21. The van der Waals surface area contributed by atoms with Crippen molar-refractivity contribution >= 4 is 5.91 Å². The average Bonchev–Trinajstić information content (AvgIpc) is 2.55. The molecule has 1 amide bonds. The number of rotatable bonds is 5. The number of carbonyl (C=O) groups excluding carboxylic acids is 1. The van der Waals surface area contributed by atoms with Crippen LogP contribution in [-0.4, -0.2) is 37.0 Å². The smallest absolute Gasteiger partial charge is 0.237 e. The van der Waals surface area contributed by atoms with Gasteiger partial charge in [-0.15, -0.1) is 6.58 Å². The summed E-state index contributed by atoms with van der Waals surface area (Å²) in [6.07, 6.45) is 2.00. The molecule has 1 saturated heterocycles. The van der Waals surface area contributed by atoms with Crippen molar-refractivity contribution < 1.29 is 14.3 Å². The maximum Gasteiger partial charge on any atom is 0.237 e. The minimum Gasteiger partial charge on any atom is -0.352 e. The molecule has 1 aliphatic rings. The Morgan fingerprint density at radius 2 is 2.44 bits per heavy atom. The van der Waals surface area contributed by atoms with Gasteiger partial charge in [0, 0.05) is 6.54 Å². The van der Waals surface area contributed by atoms with Crippen LogP contribution in [0.25, 0.3) is 0 Å². The van der Waals surface area contributed by atoms with E-state index in [2.05, 4.69) is 11.9 Å². The van der Waals surface area contributed by atoms with E-state index in [9.17, 15) is 4.79 Å². The van der Waals surface area contributed by atoms with Gasteiger partial charge in [-0.25, -0.2) is 0 Å². The van der Waals surface area contributed by atoms with Gasteiger partial charge in [-0.3, -0.25) is 4.79 Å². The summed E-state index contributed by atoms with van der Waals surface area (Å²) >= 11 is 0. The topological polar surface area (TPSA) is 73.6 Å². The van der Waals surface area contributed by atoms with Crippen LogP contribution in [0.1, 0.15) is 20.3 Å². The second-order valence-corrected chi connectivity index (χ2v) is 4.33. The Hall–Kier alpha value is -0.910. The van der Waals surface area contributed by atoms with Gasteiger partial charge in [0.25, 0.3) is 0 Å². The Morgan fingerprint density at radius 1 is 1.75 bits per heavy atom. The summed E-state index contributed by atoms with van der Waals surface area (Å²) in [6.45, 7) is 8.14. The molecule has 0 aromatic rings. The largest absolute Gasteiger partial charge is 0.352 e. The van der Waals surface area contributed by atoms with Crippen LogP contribution in [0.4, 0.5) is 0 Å². The van der Waals surface area contributed by atoms with Crippen LogP contribution >= 0.6 is 0 Å². The Labute approximate surface area is 96.0 Å². The third-order valence-corrected chi connectivity index (χ3v) is 2.33. The molecule has 5 nitrogen and oxygen atoms in total. The van der Waals surface area contributed by atoms with E-state index < -0.39 is 11.8 Å². The molecule has 1 fully saturated rings. The number of amides is 1. The van der Waals surface area contributed by atoms with Gasteiger partial charge in [0.15, 0.2) is 5.79 Å². The summed E-state index contributed by atoms with van der Waals surface area (Å²) in [6, 6.07) is -0.534. The van der Waals surface area contributed by atoms with Crippen molar-refractivity contribution in [1.82, 2.24) is 5.32 Å². The Kier molecular flexibility index (Phi) is 4.46. The normalized spacial score (nSPS) is 25.1.